The summed E-state index contributed by atoms with van der Waals surface area (Å²) >= 11 is 0. The van der Waals surface area contributed by atoms with Gasteiger partial charge < -0.3 is 20.1 Å². The molecule has 7 nitrogen and oxygen atoms in total. The van der Waals surface area contributed by atoms with Crippen LogP contribution in [0.1, 0.15) is 38.6 Å². The van der Waals surface area contributed by atoms with Crippen molar-refractivity contribution in [3.63, 3.8) is 0 Å². The fourth-order valence-corrected chi connectivity index (χ4v) is 4.98. The van der Waals surface area contributed by atoms with Crippen LogP contribution in [0.5, 0.6) is 5.75 Å². The number of fused-ring (bicyclic) bond motifs is 3. The van der Waals surface area contributed by atoms with E-state index < -0.39 is 18.0 Å². The fraction of sp³-hybridized carbons (Fsp3) is 0.207. The van der Waals surface area contributed by atoms with Gasteiger partial charge in [0.05, 0.1) is 11.3 Å². The molecular formula is C29H26N2O5. The fourth-order valence-electron chi connectivity index (χ4n) is 4.98. The van der Waals surface area contributed by atoms with Crippen molar-refractivity contribution in [1.82, 2.24) is 4.90 Å². The first-order chi connectivity index (χ1) is 17.3. The molecule has 1 aliphatic heterocycles. The number of esters is 1. The lowest BCUT2D eigenvalue weighted by molar-refractivity contribution is -0.139. The van der Waals surface area contributed by atoms with Gasteiger partial charge in [0, 0.05) is 31.5 Å². The molecule has 0 spiro atoms. The van der Waals surface area contributed by atoms with E-state index in [1.54, 1.807) is 50.5 Å². The molecule has 0 saturated heterocycles. The van der Waals surface area contributed by atoms with Gasteiger partial charge in [-0.2, -0.15) is 0 Å². The topological polar surface area (TPSA) is 95.9 Å². The summed E-state index contributed by atoms with van der Waals surface area (Å²) in [4.78, 5) is 38.6. The average molecular weight is 483 g/mol. The second kappa shape index (κ2) is 9.34. The number of para-hydroxylation sites is 1. The van der Waals surface area contributed by atoms with Crippen LogP contribution in [0.15, 0.2) is 78.9 Å². The summed E-state index contributed by atoms with van der Waals surface area (Å²) in [5.74, 6) is -1.29. The van der Waals surface area contributed by atoms with E-state index in [0.29, 0.717) is 29.0 Å². The Morgan fingerprint density at radius 3 is 2.25 bits per heavy atom. The monoisotopic (exact) mass is 482 g/mol. The molecule has 7 heteroatoms. The van der Waals surface area contributed by atoms with Gasteiger partial charge in [-0.25, -0.2) is 9.59 Å². The zero-order valence-corrected chi connectivity index (χ0v) is 20.0. The molecule has 0 radical (unpaired) electrons. The molecule has 3 atom stereocenters. The maximum absolute atomic E-state index is 13.1. The van der Waals surface area contributed by atoms with E-state index in [1.165, 1.54) is 4.90 Å². The second-order valence-electron chi connectivity index (χ2n) is 9.27. The van der Waals surface area contributed by atoms with Crippen LogP contribution < -0.4 is 10.1 Å². The normalized spacial score (nSPS) is 19.6. The minimum Gasteiger partial charge on any atom is -0.480 e. The highest BCUT2D eigenvalue weighted by Gasteiger charge is 2.42. The lowest BCUT2D eigenvalue weighted by Crippen LogP contribution is -2.42. The van der Waals surface area contributed by atoms with Gasteiger partial charge in [0.1, 0.15) is 11.8 Å². The molecule has 182 valence electrons. The van der Waals surface area contributed by atoms with Crippen molar-refractivity contribution in [2.24, 2.45) is 5.92 Å². The zero-order valence-electron chi connectivity index (χ0n) is 20.0. The van der Waals surface area contributed by atoms with E-state index in [4.69, 9.17) is 4.74 Å². The number of anilines is 1. The van der Waals surface area contributed by atoms with Crippen molar-refractivity contribution < 1.29 is 24.2 Å². The van der Waals surface area contributed by atoms with E-state index >= 15 is 0 Å². The molecule has 1 aliphatic carbocycles. The molecule has 0 fully saturated rings. The van der Waals surface area contributed by atoms with Crippen LogP contribution >= 0.6 is 0 Å². The minimum absolute atomic E-state index is 0.0474. The lowest BCUT2D eigenvalue weighted by Gasteiger charge is -2.35. The number of carbonyl (C=O) groups excluding carboxylic acids is 2. The second-order valence-corrected chi connectivity index (χ2v) is 9.27. The Morgan fingerprint density at radius 1 is 0.944 bits per heavy atom. The van der Waals surface area contributed by atoms with Crippen molar-refractivity contribution in [2.45, 2.75) is 18.4 Å². The molecule has 0 saturated carbocycles. The molecule has 3 unspecified atom stereocenters. The summed E-state index contributed by atoms with van der Waals surface area (Å²) in [5, 5.41) is 12.8. The SMILES string of the molecule is CN(C)C(=O)c1ccc(-c2ccc(OC(=O)c3cccc4c3NC(C(=O)O)C3CC=CC43)cc2)cc1. The third-order valence-electron chi connectivity index (χ3n) is 6.82. The maximum atomic E-state index is 13.1. The van der Waals surface area contributed by atoms with Crippen LogP contribution in [-0.2, 0) is 4.79 Å². The standard InChI is InChI=1S/C29H26N2O5/c1-31(2)27(32)19-11-9-17(10-12-19)18-13-15-20(16-14-18)36-29(35)24-8-4-6-22-21-5-3-7-23(21)26(28(33)34)30-25(22)24/h3-6,8-16,21,23,26,30H,7H2,1-2H3,(H,33,34). The molecule has 3 aromatic rings. The predicted molar refractivity (Wildman–Crippen MR) is 136 cm³/mol. The van der Waals surface area contributed by atoms with Gasteiger partial charge in [0.2, 0.25) is 0 Å². The number of benzene rings is 3. The number of hydrogen-bond donors (Lipinski definition) is 2. The van der Waals surface area contributed by atoms with Gasteiger partial charge in [-0.1, -0.05) is 48.6 Å². The number of nitrogens with zero attached hydrogens (tertiary/aromatic N) is 1. The molecule has 2 N–H and O–H groups in total. The maximum Gasteiger partial charge on any atom is 0.345 e. The number of carbonyl (C=O) groups is 3. The summed E-state index contributed by atoms with van der Waals surface area (Å²) in [6.45, 7) is 0. The molecule has 1 amide bonds. The largest absolute Gasteiger partial charge is 0.480 e. The number of aliphatic carboxylic acids is 1. The number of nitrogens with one attached hydrogen (secondary N) is 1. The smallest absolute Gasteiger partial charge is 0.345 e. The molecule has 2 aliphatic rings. The summed E-state index contributed by atoms with van der Waals surface area (Å²) in [7, 11) is 3.43. The highest BCUT2D eigenvalue weighted by Crippen LogP contribution is 2.45. The third kappa shape index (κ3) is 4.24. The van der Waals surface area contributed by atoms with E-state index in [2.05, 4.69) is 5.32 Å². The molecule has 5 rings (SSSR count). The first-order valence-electron chi connectivity index (χ1n) is 11.8. The van der Waals surface area contributed by atoms with Crippen LogP contribution in [0.4, 0.5) is 5.69 Å². The van der Waals surface area contributed by atoms with Gasteiger partial charge in [0.15, 0.2) is 0 Å². The Kier molecular flexibility index (Phi) is 6.06. The van der Waals surface area contributed by atoms with Crippen LogP contribution in [0.3, 0.4) is 0 Å². The molecule has 0 bridgehead atoms. The van der Waals surface area contributed by atoms with Crippen molar-refractivity contribution >= 4 is 23.5 Å². The zero-order chi connectivity index (χ0) is 25.4. The minimum atomic E-state index is -0.933. The van der Waals surface area contributed by atoms with Crippen LogP contribution in [0.2, 0.25) is 0 Å². The van der Waals surface area contributed by atoms with E-state index in [9.17, 15) is 19.5 Å². The first kappa shape index (κ1) is 23.4. The summed E-state index contributed by atoms with van der Waals surface area (Å²) in [6, 6.07) is 19.0. The van der Waals surface area contributed by atoms with Crippen LogP contribution in [0.25, 0.3) is 11.1 Å². The predicted octanol–water partition coefficient (Wildman–Crippen LogP) is 4.81. The Morgan fingerprint density at radius 2 is 1.61 bits per heavy atom. The first-order valence-corrected chi connectivity index (χ1v) is 11.8. The summed E-state index contributed by atoms with van der Waals surface area (Å²) < 4.78 is 5.65. The van der Waals surface area contributed by atoms with Crippen molar-refractivity contribution in [1.29, 1.82) is 0 Å². The van der Waals surface area contributed by atoms with Gasteiger partial charge >= 0.3 is 11.9 Å². The molecule has 36 heavy (non-hydrogen) atoms. The van der Waals surface area contributed by atoms with Gasteiger partial charge in [-0.3, -0.25) is 4.79 Å². The number of ether oxygens (including phenoxy) is 1. The number of carboxylic acids is 1. The van der Waals surface area contributed by atoms with Gasteiger partial charge in [-0.05, 0) is 53.4 Å². The highest BCUT2D eigenvalue weighted by atomic mass is 16.5. The van der Waals surface area contributed by atoms with Crippen molar-refractivity contribution in [2.75, 3.05) is 19.4 Å². The number of hydrogen-bond acceptors (Lipinski definition) is 5. The highest BCUT2D eigenvalue weighted by molar-refractivity contribution is 5.99. The Hall–Kier alpha value is -4.39. The Bertz CT molecular complexity index is 1360. The van der Waals surface area contributed by atoms with Crippen molar-refractivity contribution in [3.05, 3.63) is 95.6 Å². The van der Waals surface area contributed by atoms with Crippen LogP contribution in [-0.4, -0.2) is 48.0 Å². The van der Waals surface area contributed by atoms with Crippen molar-refractivity contribution in [3.8, 4) is 16.9 Å². The molecule has 3 aromatic carbocycles. The summed E-state index contributed by atoms with van der Waals surface area (Å²) in [5.41, 5.74) is 4.20. The number of allylic oxidation sites excluding steroid dienone is 2. The Labute approximate surface area is 209 Å². The van der Waals surface area contributed by atoms with Gasteiger partial charge in [0.25, 0.3) is 5.91 Å². The van der Waals surface area contributed by atoms with E-state index in [-0.39, 0.29) is 17.7 Å². The number of amides is 1. The third-order valence-corrected chi connectivity index (χ3v) is 6.82. The lowest BCUT2D eigenvalue weighted by atomic mass is 9.78. The molecule has 0 aromatic heterocycles. The van der Waals surface area contributed by atoms with Crippen LogP contribution in [0, 0.1) is 5.92 Å². The average Bonchev–Trinajstić information content (AvgIpc) is 3.38. The van der Waals surface area contributed by atoms with Gasteiger partial charge in [-0.15, -0.1) is 0 Å². The number of rotatable bonds is 5. The van der Waals surface area contributed by atoms with E-state index in [1.807, 2.05) is 42.5 Å². The summed E-state index contributed by atoms with van der Waals surface area (Å²) in [6.07, 6.45) is 4.71. The quantitative estimate of drug-likeness (QED) is 0.308. The Balaban J connectivity index is 1.34. The number of carboxylic acid groups (broad SMARTS) is 1. The van der Waals surface area contributed by atoms with E-state index in [0.717, 1.165) is 16.7 Å². The molecular weight excluding hydrogens is 456 g/mol. The molecule has 1 heterocycles.